The number of carbonyl (C=O) groups excluding carboxylic acids is 1. The van der Waals surface area contributed by atoms with Gasteiger partial charge in [-0.2, -0.15) is 0 Å². The Morgan fingerprint density at radius 2 is 1.83 bits per heavy atom. The van der Waals surface area contributed by atoms with Crippen molar-refractivity contribution in [1.82, 2.24) is 9.97 Å². The Bertz CT molecular complexity index is 405. The molecule has 0 atom stereocenters. The third-order valence-electron chi connectivity index (χ3n) is 1.99. The highest BCUT2D eigenvalue weighted by molar-refractivity contribution is 5.65. The van der Waals surface area contributed by atoms with Gasteiger partial charge in [-0.25, -0.2) is 0 Å². The number of rotatable bonds is 3. The van der Waals surface area contributed by atoms with Crippen molar-refractivity contribution in [3.8, 4) is 0 Å². The maximum absolute atomic E-state index is 10.4. The first kappa shape index (κ1) is 13.8. The molecule has 0 aliphatic heterocycles. The molecule has 0 aromatic carbocycles. The Morgan fingerprint density at radius 3 is 2.28 bits per heavy atom. The summed E-state index contributed by atoms with van der Waals surface area (Å²) < 4.78 is 4.78. The quantitative estimate of drug-likeness (QED) is 0.777. The van der Waals surface area contributed by atoms with Crippen LogP contribution in [0.15, 0.2) is 55.1 Å². The number of hydrogen-bond acceptors (Lipinski definition) is 4. The lowest BCUT2D eigenvalue weighted by Gasteiger charge is -2.00. The van der Waals surface area contributed by atoms with Gasteiger partial charge in [0.15, 0.2) is 0 Å². The van der Waals surface area contributed by atoms with E-state index in [9.17, 15) is 4.79 Å². The summed E-state index contributed by atoms with van der Waals surface area (Å²) in [7, 11) is 0. The van der Waals surface area contributed by atoms with Gasteiger partial charge in [-0.15, -0.1) is 0 Å². The summed E-state index contributed by atoms with van der Waals surface area (Å²) in [6, 6.07) is 9.53. The minimum absolute atomic E-state index is 0.237. The predicted octanol–water partition coefficient (Wildman–Crippen LogP) is 2.27. The van der Waals surface area contributed by atoms with E-state index >= 15 is 0 Å². The number of aromatic nitrogens is 2. The van der Waals surface area contributed by atoms with Crippen molar-refractivity contribution in [2.45, 2.75) is 13.3 Å². The third kappa shape index (κ3) is 7.11. The highest BCUT2D eigenvalue weighted by Crippen LogP contribution is 1.96. The van der Waals surface area contributed by atoms with Gasteiger partial charge >= 0.3 is 5.97 Å². The lowest BCUT2D eigenvalue weighted by Crippen LogP contribution is -2.03. The van der Waals surface area contributed by atoms with Crippen LogP contribution >= 0.6 is 0 Å². The van der Waals surface area contributed by atoms with Crippen molar-refractivity contribution in [3.05, 3.63) is 60.7 Å². The van der Waals surface area contributed by atoms with Crippen LogP contribution in [0, 0.1) is 0 Å². The van der Waals surface area contributed by atoms with Crippen LogP contribution in [0.25, 0.3) is 0 Å². The second kappa shape index (κ2) is 8.87. The highest BCUT2D eigenvalue weighted by atomic mass is 16.5. The van der Waals surface area contributed by atoms with Gasteiger partial charge in [0.25, 0.3) is 0 Å². The van der Waals surface area contributed by atoms with Gasteiger partial charge in [0, 0.05) is 38.1 Å². The number of ether oxygens (including phenoxy) is 1. The average Bonchev–Trinajstić information content (AvgIpc) is 2.42. The van der Waals surface area contributed by atoms with Crippen LogP contribution in [-0.2, 0) is 16.0 Å². The van der Waals surface area contributed by atoms with E-state index in [1.54, 1.807) is 24.8 Å². The summed E-state index contributed by atoms with van der Waals surface area (Å²) >= 11 is 0. The zero-order chi connectivity index (χ0) is 13.1. The molecule has 94 valence electrons. The monoisotopic (exact) mass is 244 g/mol. The molecule has 0 spiro atoms. The Balaban J connectivity index is 0.000000225. The molecular weight excluding hydrogens is 228 g/mol. The molecule has 0 saturated carbocycles. The first-order valence-electron chi connectivity index (χ1n) is 5.66. The van der Waals surface area contributed by atoms with Crippen molar-refractivity contribution in [3.63, 3.8) is 0 Å². The normalized spacial score (nSPS) is 8.94. The van der Waals surface area contributed by atoms with Crippen LogP contribution in [0.1, 0.15) is 12.5 Å². The van der Waals surface area contributed by atoms with Gasteiger partial charge in [0.05, 0.1) is 6.61 Å². The minimum Gasteiger partial charge on any atom is -0.466 e. The van der Waals surface area contributed by atoms with E-state index in [1.165, 1.54) is 6.92 Å². The SMILES string of the molecule is CC(=O)OCCc1cccnc1.c1ccncc1. The zero-order valence-electron chi connectivity index (χ0n) is 10.3. The van der Waals surface area contributed by atoms with Crippen LogP contribution in [0.2, 0.25) is 0 Å². The van der Waals surface area contributed by atoms with Crippen LogP contribution in [0.5, 0.6) is 0 Å². The third-order valence-corrected chi connectivity index (χ3v) is 1.99. The summed E-state index contributed by atoms with van der Waals surface area (Å²) in [5.41, 5.74) is 1.08. The van der Waals surface area contributed by atoms with Crippen molar-refractivity contribution in [1.29, 1.82) is 0 Å². The molecule has 0 aliphatic rings. The molecule has 0 fully saturated rings. The molecule has 2 aromatic heterocycles. The van der Waals surface area contributed by atoms with Crippen LogP contribution in [0.4, 0.5) is 0 Å². The lowest BCUT2D eigenvalue weighted by molar-refractivity contribution is -0.140. The van der Waals surface area contributed by atoms with Crippen molar-refractivity contribution in [2.75, 3.05) is 6.61 Å². The number of carbonyl (C=O) groups is 1. The van der Waals surface area contributed by atoms with Gasteiger partial charge in [0.1, 0.15) is 0 Å². The average molecular weight is 244 g/mol. The molecule has 18 heavy (non-hydrogen) atoms. The van der Waals surface area contributed by atoms with Gasteiger partial charge < -0.3 is 4.74 Å². The van der Waals surface area contributed by atoms with Crippen molar-refractivity contribution < 1.29 is 9.53 Å². The highest BCUT2D eigenvalue weighted by Gasteiger charge is 1.94. The topological polar surface area (TPSA) is 52.1 Å². The summed E-state index contributed by atoms with van der Waals surface area (Å²) in [4.78, 5) is 18.1. The van der Waals surface area contributed by atoms with Crippen LogP contribution in [0.3, 0.4) is 0 Å². The van der Waals surface area contributed by atoms with E-state index in [0.717, 1.165) is 12.0 Å². The largest absolute Gasteiger partial charge is 0.466 e. The maximum atomic E-state index is 10.4. The molecule has 0 aliphatic carbocycles. The van der Waals surface area contributed by atoms with E-state index in [1.807, 2.05) is 30.3 Å². The van der Waals surface area contributed by atoms with Crippen molar-refractivity contribution >= 4 is 5.97 Å². The van der Waals surface area contributed by atoms with Gasteiger partial charge in [-0.3, -0.25) is 14.8 Å². The van der Waals surface area contributed by atoms with E-state index in [2.05, 4.69) is 9.97 Å². The number of nitrogens with zero attached hydrogens (tertiary/aromatic N) is 2. The zero-order valence-corrected chi connectivity index (χ0v) is 10.3. The number of pyridine rings is 2. The molecule has 2 rings (SSSR count). The predicted molar refractivity (Wildman–Crippen MR) is 68.8 cm³/mol. The van der Waals surface area contributed by atoms with Crippen LogP contribution < -0.4 is 0 Å². The minimum atomic E-state index is -0.237. The van der Waals surface area contributed by atoms with E-state index in [0.29, 0.717) is 6.61 Å². The summed E-state index contributed by atoms with van der Waals surface area (Å²) in [5.74, 6) is -0.237. The molecule has 0 N–H and O–H groups in total. The summed E-state index contributed by atoms with van der Waals surface area (Å²) in [6.45, 7) is 1.84. The molecule has 0 unspecified atom stereocenters. The standard InChI is InChI=1S/C9H11NO2.C5H5N/c1-8(11)12-6-4-9-3-2-5-10-7-9;1-2-4-6-5-3-1/h2-3,5,7H,4,6H2,1H3;1-5H. The maximum Gasteiger partial charge on any atom is 0.302 e. The smallest absolute Gasteiger partial charge is 0.302 e. The molecule has 4 nitrogen and oxygen atoms in total. The molecule has 2 heterocycles. The molecule has 0 amide bonds. The molecule has 4 heteroatoms. The van der Waals surface area contributed by atoms with E-state index < -0.39 is 0 Å². The Labute approximate surface area is 107 Å². The molecule has 2 aromatic rings. The molecule has 0 bridgehead atoms. The van der Waals surface area contributed by atoms with E-state index in [4.69, 9.17) is 4.74 Å². The first-order valence-corrected chi connectivity index (χ1v) is 5.66. The molecule has 0 saturated heterocycles. The fourth-order valence-electron chi connectivity index (χ4n) is 1.17. The molecule has 0 radical (unpaired) electrons. The Morgan fingerprint density at radius 1 is 1.11 bits per heavy atom. The van der Waals surface area contributed by atoms with E-state index in [-0.39, 0.29) is 5.97 Å². The van der Waals surface area contributed by atoms with Crippen LogP contribution in [-0.4, -0.2) is 22.5 Å². The number of esters is 1. The second-order valence-corrected chi connectivity index (χ2v) is 3.48. The lowest BCUT2D eigenvalue weighted by atomic mass is 10.2. The van der Waals surface area contributed by atoms with Gasteiger partial charge in [0.2, 0.25) is 0 Å². The van der Waals surface area contributed by atoms with Gasteiger partial charge in [-0.05, 0) is 23.8 Å². The fourth-order valence-corrected chi connectivity index (χ4v) is 1.17. The first-order chi connectivity index (χ1) is 8.79. The summed E-state index contributed by atoms with van der Waals surface area (Å²) in [5, 5.41) is 0. The number of hydrogen-bond donors (Lipinski definition) is 0. The fraction of sp³-hybridized carbons (Fsp3) is 0.214. The summed E-state index contributed by atoms with van der Waals surface area (Å²) in [6.07, 6.45) is 7.71. The van der Waals surface area contributed by atoms with Crippen molar-refractivity contribution in [2.24, 2.45) is 0 Å². The molecular formula is C14H16N2O2. The Hall–Kier alpha value is -2.23. The van der Waals surface area contributed by atoms with Gasteiger partial charge in [-0.1, -0.05) is 12.1 Å². The Kier molecular flexibility index (Phi) is 6.82. The second-order valence-electron chi connectivity index (χ2n) is 3.48.